The van der Waals surface area contributed by atoms with Crippen molar-refractivity contribution in [3.05, 3.63) is 65.0 Å². The van der Waals surface area contributed by atoms with Crippen molar-refractivity contribution in [3.8, 4) is 6.07 Å². The van der Waals surface area contributed by atoms with Crippen molar-refractivity contribution in [2.75, 3.05) is 18.9 Å². The minimum Gasteiger partial charge on any atom is -0.328 e. The number of carbonyl (C=O) groups is 2. The number of hydrogen-bond acceptors (Lipinski definition) is 3. The maximum absolute atomic E-state index is 13.7. The van der Waals surface area contributed by atoms with E-state index < -0.39 is 11.7 Å². The highest BCUT2D eigenvalue weighted by Crippen LogP contribution is 2.19. The van der Waals surface area contributed by atoms with Gasteiger partial charge in [0.25, 0.3) is 11.8 Å². The van der Waals surface area contributed by atoms with Gasteiger partial charge in [0.15, 0.2) is 0 Å². The Labute approximate surface area is 139 Å². The summed E-state index contributed by atoms with van der Waals surface area (Å²) >= 11 is 0. The van der Waals surface area contributed by atoms with Crippen LogP contribution in [0.15, 0.2) is 42.5 Å². The van der Waals surface area contributed by atoms with Gasteiger partial charge in [0.2, 0.25) is 0 Å². The second-order valence-electron chi connectivity index (χ2n) is 5.28. The fourth-order valence-corrected chi connectivity index (χ4v) is 2.12. The Balaban J connectivity index is 2.27. The molecule has 0 bridgehead atoms. The predicted octanol–water partition coefficient (Wildman–Crippen LogP) is 2.98. The lowest BCUT2D eigenvalue weighted by Crippen LogP contribution is -2.27. The number of carbonyl (C=O) groups excluding carboxylic acids is 2. The van der Waals surface area contributed by atoms with Crippen molar-refractivity contribution < 1.29 is 14.0 Å². The van der Waals surface area contributed by atoms with Crippen LogP contribution in [0.4, 0.5) is 10.1 Å². The van der Waals surface area contributed by atoms with E-state index in [1.54, 1.807) is 25.1 Å². The number of aryl methyl sites for hydroxylation is 1. The molecule has 2 amide bonds. The molecule has 5 nitrogen and oxygen atoms in total. The van der Waals surface area contributed by atoms with Gasteiger partial charge >= 0.3 is 0 Å². The van der Waals surface area contributed by atoms with Gasteiger partial charge in [-0.3, -0.25) is 9.59 Å². The largest absolute Gasteiger partial charge is 0.328 e. The Morgan fingerprint density at radius 2 is 1.96 bits per heavy atom. The number of rotatable bonds is 4. The van der Waals surface area contributed by atoms with Crippen LogP contribution < -0.4 is 5.32 Å². The van der Waals surface area contributed by atoms with Crippen LogP contribution in [0.3, 0.4) is 0 Å². The first-order valence-electron chi connectivity index (χ1n) is 7.23. The first-order valence-corrected chi connectivity index (χ1v) is 7.23. The summed E-state index contributed by atoms with van der Waals surface area (Å²) in [7, 11) is 1.52. The SMILES string of the molecule is Cc1ccc(C(=O)N(C)CC#N)cc1NC(=O)c1ccccc1F. The highest BCUT2D eigenvalue weighted by Gasteiger charge is 2.15. The maximum atomic E-state index is 13.7. The van der Waals surface area contributed by atoms with Gasteiger partial charge in [0.1, 0.15) is 12.4 Å². The molecule has 1 N–H and O–H groups in total. The molecule has 24 heavy (non-hydrogen) atoms. The molecule has 0 saturated heterocycles. The summed E-state index contributed by atoms with van der Waals surface area (Å²) < 4.78 is 13.7. The lowest BCUT2D eigenvalue weighted by molar-refractivity contribution is 0.0811. The zero-order valence-corrected chi connectivity index (χ0v) is 13.3. The predicted molar refractivity (Wildman–Crippen MR) is 88.1 cm³/mol. The monoisotopic (exact) mass is 325 g/mol. The minimum atomic E-state index is -0.617. The van der Waals surface area contributed by atoms with Gasteiger partial charge in [0.05, 0.1) is 11.6 Å². The van der Waals surface area contributed by atoms with Crippen LogP contribution in [0.25, 0.3) is 0 Å². The zero-order valence-electron chi connectivity index (χ0n) is 13.3. The lowest BCUT2D eigenvalue weighted by atomic mass is 10.1. The minimum absolute atomic E-state index is 0.0381. The van der Waals surface area contributed by atoms with E-state index in [0.717, 1.165) is 5.56 Å². The third kappa shape index (κ3) is 3.76. The average Bonchev–Trinajstić information content (AvgIpc) is 2.56. The van der Waals surface area contributed by atoms with Gasteiger partial charge in [-0.1, -0.05) is 18.2 Å². The molecule has 6 heteroatoms. The number of nitriles is 1. The number of nitrogens with one attached hydrogen (secondary N) is 1. The molecule has 0 fully saturated rings. The van der Waals surface area contributed by atoms with Crippen molar-refractivity contribution in [2.24, 2.45) is 0 Å². The molecule has 0 spiro atoms. The molecule has 2 aromatic carbocycles. The molecule has 2 aromatic rings. The summed E-state index contributed by atoms with van der Waals surface area (Å²) in [6, 6.07) is 12.4. The zero-order chi connectivity index (χ0) is 17.7. The molecule has 0 heterocycles. The van der Waals surface area contributed by atoms with Gasteiger partial charge < -0.3 is 10.2 Å². The smallest absolute Gasteiger partial charge is 0.258 e. The fraction of sp³-hybridized carbons (Fsp3) is 0.167. The topological polar surface area (TPSA) is 73.2 Å². The maximum Gasteiger partial charge on any atom is 0.258 e. The van der Waals surface area contributed by atoms with E-state index in [0.29, 0.717) is 11.3 Å². The Morgan fingerprint density at radius 1 is 1.25 bits per heavy atom. The summed E-state index contributed by atoms with van der Waals surface area (Å²) in [5, 5.41) is 11.3. The molecule has 0 aliphatic heterocycles. The molecule has 0 atom stereocenters. The van der Waals surface area contributed by atoms with Gasteiger partial charge in [0, 0.05) is 18.3 Å². The fourth-order valence-electron chi connectivity index (χ4n) is 2.12. The highest BCUT2D eigenvalue weighted by atomic mass is 19.1. The van der Waals surface area contributed by atoms with Crippen molar-refractivity contribution in [1.29, 1.82) is 5.26 Å². The van der Waals surface area contributed by atoms with Crippen LogP contribution in [-0.4, -0.2) is 30.3 Å². The quantitative estimate of drug-likeness (QED) is 0.878. The van der Waals surface area contributed by atoms with E-state index in [4.69, 9.17) is 5.26 Å². The Kier molecular flexibility index (Phi) is 5.27. The second kappa shape index (κ2) is 7.38. The van der Waals surface area contributed by atoms with Gasteiger partial charge in [-0.05, 0) is 36.8 Å². The van der Waals surface area contributed by atoms with Gasteiger partial charge in [-0.25, -0.2) is 4.39 Å². The number of anilines is 1. The molecule has 0 aliphatic carbocycles. The normalized spacial score (nSPS) is 9.92. The van der Waals surface area contributed by atoms with Gasteiger partial charge in [-0.15, -0.1) is 0 Å². The summed E-state index contributed by atoms with van der Waals surface area (Å²) in [6.45, 7) is 1.73. The van der Waals surface area contributed by atoms with Crippen LogP contribution in [0, 0.1) is 24.1 Å². The standard InChI is InChI=1S/C18H16FN3O2/c1-12-7-8-13(18(24)22(2)10-9-20)11-16(12)21-17(23)14-5-3-4-6-15(14)19/h3-8,11H,10H2,1-2H3,(H,21,23). The van der Waals surface area contributed by atoms with E-state index in [1.807, 2.05) is 6.07 Å². The Hall–Kier alpha value is -3.20. The third-order valence-corrected chi connectivity index (χ3v) is 3.51. The van der Waals surface area contributed by atoms with Crippen LogP contribution >= 0.6 is 0 Å². The molecule has 0 radical (unpaired) electrons. The second-order valence-corrected chi connectivity index (χ2v) is 5.28. The molecular formula is C18H16FN3O2. The first kappa shape index (κ1) is 17.2. The number of nitrogens with zero attached hydrogens (tertiary/aromatic N) is 2. The van der Waals surface area contributed by atoms with Crippen molar-refractivity contribution >= 4 is 17.5 Å². The Bertz CT molecular complexity index is 827. The van der Waals surface area contributed by atoms with E-state index >= 15 is 0 Å². The molecule has 0 saturated carbocycles. The number of halogens is 1. The van der Waals surface area contributed by atoms with Crippen LogP contribution in [0.2, 0.25) is 0 Å². The van der Waals surface area contributed by atoms with E-state index in [-0.39, 0.29) is 18.0 Å². The summed E-state index contributed by atoms with van der Waals surface area (Å²) in [4.78, 5) is 25.7. The first-order chi connectivity index (χ1) is 11.4. The molecule has 0 unspecified atom stereocenters. The molecule has 0 aliphatic rings. The number of amides is 2. The lowest BCUT2D eigenvalue weighted by Gasteiger charge is -2.15. The average molecular weight is 325 g/mol. The molecule has 122 valence electrons. The summed E-state index contributed by atoms with van der Waals surface area (Å²) in [5.41, 5.74) is 1.41. The molecular weight excluding hydrogens is 309 g/mol. The van der Waals surface area contributed by atoms with E-state index in [9.17, 15) is 14.0 Å². The summed E-state index contributed by atoms with van der Waals surface area (Å²) in [6.07, 6.45) is 0. The van der Waals surface area contributed by atoms with Crippen molar-refractivity contribution in [3.63, 3.8) is 0 Å². The van der Waals surface area contributed by atoms with E-state index in [2.05, 4.69) is 5.32 Å². The van der Waals surface area contributed by atoms with Gasteiger partial charge in [-0.2, -0.15) is 5.26 Å². The third-order valence-electron chi connectivity index (χ3n) is 3.51. The van der Waals surface area contributed by atoms with Crippen molar-refractivity contribution in [1.82, 2.24) is 4.90 Å². The van der Waals surface area contributed by atoms with Crippen LogP contribution in [-0.2, 0) is 0 Å². The summed E-state index contributed by atoms with van der Waals surface area (Å²) in [5.74, 6) is -1.54. The number of benzene rings is 2. The van der Waals surface area contributed by atoms with E-state index in [1.165, 1.54) is 36.2 Å². The Morgan fingerprint density at radius 3 is 2.62 bits per heavy atom. The number of hydrogen-bond donors (Lipinski definition) is 1. The van der Waals surface area contributed by atoms with Crippen LogP contribution in [0.5, 0.6) is 0 Å². The molecule has 0 aromatic heterocycles. The highest BCUT2D eigenvalue weighted by molar-refractivity contribution is 6.05. The molecule has 2 rings (SSSR count). The van der Waals surface area contributed by atoms with Crippen molar-refractivity contribution in [2.45, 2.75) is 6.92 Å². The van der Waals surface area contributed by atoms with Crippen LogP contribution in [0.1, 0.15) is 26.3 Å².